The van der Waals surface area contributed by atoms with Crippen LogP contribution < -0.4 is 11.1 Å². The zero-order chi connectivity index (χ0) is 8.43. The van der Waals surface area contributed by atoms with Gasteiger partial charge in [0.25, 0.3) is 0 Å². The maximum Gasteiger partial charge on any atom is 0.311 e. The van der Waals surface area contributed by atoms with Crippen molar-refractivity contribution in [1.82, 2.24) is 10.2 Å². The van der Waals surface area contributed by atoms with Gasteiger partial charge in [0.15, 0.2) is 0 Å². The molecule has 11 heavy (non-hydrogen) atoms. The standard InChI is InChI=1S/C6H11N3O2/c1-9-4(2-7)3-8-5(10)6(9)11/h4H,2-3,7H2,1H3,(H,8,10)/t4-/m1/s1. The lowest BCUT2D eigenvalue weighted by atomic mass is 10.2. The number of nitrogens with two attached hydrogens (primary N) is 1. The van der Waals surface area contributed by atoms with Crippen molar-refractivity contribution in [3.63, 3.8) is 0 Å². The van der Waals surface area contributed by atoms with E-state index in [9.17, 15) is 9.59 Å². The highest BCUT2D eigenvalue weighted by Gasteiger charge is 2.29. The Morgan fingerprint density at radius 2 is 2.36 bits per heavy atom. The van der Waals surface area contributed by atoms with Crippen molar-refractivity contribution < 1.29 is 9.59 Å². The Morgan fingerprint density at radius 3 is 2.91 bits per heavy atom. The van der Waals surface area contributed by atoms with Gasteiger partial charge in [0.05, 0.1) is 6.04 Å². The third-order valence-electron chi connectivity index (χ3n) is 1.83. The normalized spacial score (nSPS) is 25.3. The highest BCUT2D eigenvalue weighted by molar-refractivity contribution is 6.35. The molecule has 0 radical (unpaired) electrons. The zero-order valence-electron chi connectivity index (χ0n) is 6.33. The third-order valence-corrected chi connectivity index (χ3v) is 1.83. The summed E-state index contributed by atoms with van der Waals surface area (Å²) < 4.78 is 0. The smallest absolute Gasteiger partial charge is 0.311 e. The fourth-order valence-corrected chi connectivity index (χ4v) is 0.990. The summed E-state index contributed by atoms with van der Waals surface area (Å²) in [4.78, 5) is 23.0. The van der Waals surface area contributed by atoms with E-state index in [0.717, 1.165) is 0 Å². The van der Waals surface area contributed by atoms with Gasteiger partial charge in [-0.3, -0.25) is 9.59 Å². The molecule has 0 aromatic rings. The van der Waals surface area contributed by atoms with E-state index in [-0.39, 0.29) is 6.04 Å². The van der Waals surface area contributed by atoms with Crippen molar-refractivity contribution in [2.75, 3.05) is 20.1 Å². The summed E-state index contributed by atoms with van der Waals surface area (Å²) in [5.74, 6) is -1.05. The van der Waals surface area contributed by atoms with E-state index >= 15 is 0 Å². The summed E-state index contributed by atoms with van der Waals surface area (Å²) in [5.41, 5.74) is 5.36. The molecule has 0 aromatic carbocycles. The van der Waals surface area contributed by atoms with E-state index in [1.54, 1.807) is 7.05 Å². The van der Waals surface area contributed by atoms with Crippen LogP contribution in [-0.4, -0.2) is 42.9 Å². The molecule has 62 valence electrons. The number of carbonyl (C=O) groups is 2. The Morgan fingerprint density at radius 1 is 1.73 bits per heavy atom. The van der Waals surface area contributed by atoms with Crippen LogP contribution in [0, 0.1) is 0 Å². The van der Waals surface area contributed by atoms with Crippen molar-refractivity contribution in [2.45, 2.75) is 6.04 Å². The largest absolute Gasteiger partial charge is 0.346 e. The second kappa shape index (κ2) is 2.87. The van der Waals surface area contributed by atoms with Crippen LogP contribution >= 0.6 is 0 Å². The predicted octanol–water partition coefficient (Wildman–Crippen LogP) is -2.10. The van der Waals surface area contributed by atoms with Crippen molar-refractivity contribution in [2.24, 2.45) is 5.73 Å². The Hall–Kier alpha value is -1.10. The fourth-order valence-electron chi connectivity index (χ4n) is 0.990. The molecule has 0 unspecified atom stereocenters. The number of nitrogens with zero attached hydrogens (tertiary/aromatic N) is 1. The number of likely N-dealkylation sites (N-methyl/N-ethyl adjacent to an activating group) is 1. The molecular formula is C6H11N3O2. The molecule has 0 aromatic heterocycles. The summed E-state index contributed by atoms with van der Waals surface area (Å²) in [7, 11) is 1.58. The predicted molar refractivity (Wildman–Crippen MR) is 38.6 cm³/mol. The van der Waals surface area contributed by atoms with E-state index < -0.39 is 11.8 Å². The average molecular weight is 157 g/mol. The molecule has 1 heterocycles. The maximum absolute atomic E-state index is 11.0. The third kappa shape index (κ3) is 1.32. The number of amides is 2. The molecule has 1 fully saturated rings. The van der Waals surface area contributed by atoms with Gasteiger partial charge in [-0.2, -0.15) is 0 Å². The first-order valence-corrected chi connectivity index (χ1v) is 3.42. The van der Waals surface area contributed by atoms with Crippen molar-refractivity contribution in [3.8, 4) is 0 Å². The van der Waals surface area contributed by atoms with E-state index in [1.165, 1.54) is 4.90 Å². The molecule has 2 amide bonds. The van der Waals surface area contributed by atoms with Crippen molar-refractivity contribution in [3.05, 3.63) is 0 Å². The van der Waals surface area contributed by atoms with Gasteiger partial charge in [0, 0.05) is 20.1 Å². The Balaban J connectivity index is 2.66. The summed E-state index contributed by atoms with van der Waals surface area (Å²) in [6.07, 6.45) is 0. The van der Waals surface area contributed by atoms with Gasteiger partial charge in [-0.05, 0) is 0 Å². The molecule has 0 aliphatic carbocycles. The van der Waals surface area contributed by atoms with Crippen LogP contribution in [0.5, 0.6) is 0 Å². The Labute approximate surface area is 64.5 Å². The fraction of sp³-hybridized carbons (Fsp3) is 0.667. The van der Waals surface area contributed by atoms with E-state index in [4.69, 9.17) is 5.73 Å². The highest BCUT2D eigenvalue weighted by Crippen LogP contribution is 1.99. The first kappa shape index (κ1) is 8.00. The van der Waals surface area contributed by atoms with Crippen LogP contribution in [0.2, 0.25) is 0 Å². The van der Waals surface area contributed by atoms with Gasteiger partial charge in [-0.1, -0.05) is 0 Å². The van der Waals surface area contributed by atoms with Crippen molar-refractivity contribution in [1.29, 1.82) is 0 Å². The van der Waals surface area contributed by atoms with Gasteiger partial charge >= 0.3 is 11.8 Å². The van der Waals surface area contributed by atoms with Crippen LogP contribution in [0.4, 0.5) is 0 Å². The summed E-state index contributed by atoms with van der Waals surface area (Å²) in [6.45, 7) is 0.833. The average Bonchev–Trinajstić information content (AvgIpc) is 2.01. The van der Waals surface area contributed by atoms with Crippen LogP contribution in [0.15, 0.2) is 0 Å². The molecule has 0 bridgehead atoms. The van der Waals surface area contributed by atoms with Gasteiger partial charge in [-0.25, -0.2) is 0 Å². The highest BCUT2D eigenvalue weighted by atomic mass is 16.2. The quantitative estimate of drug-likeness (QED) is 0.428. The number of carbonyl (C=O) groups excluding carboxylic acids is 2. The Kier molecular flexibility index (Phi) is 2.09. The lowest BCUT2D eigenvalue weighted by Crippen LogP contribution is -2.58. The first-order valence-electron chi connectivity index (χ1n) is 3.42. The SMILES string of the molecule is CN1C(=O)C(=O)NC[C@H]1CN. The minimum atomic E-state index is -0.544. The molecule has 1 aliphatic rings. The van der Waals surface area contributed by atoms with Crippen LogP contribution in [0.25, 0.3) is 0 Å². The number of nitrogens with one attached hydrogen (secondary N) is 1. The molecule has 1 atom stereocenters. The number of hydrogen-bond acceptors (Lipinski definition) is 3. The monoisotopic (exact) mass is 157 g/mol. The lowest BCUT2D eigenvalue weighted by molar-refractivity contribution is -0.149. The van der Waals surface area contributed by atoms with Crippen LogP contribution in [0.3, 0.4) is 0 Å². The topological polar surface area (TPSA) is 75.4 Å². The minimum Gasteiger partial charge on any atom is -0.346 e. The maximum atomic E-state index is 11.0. The molecule has 0 spiro atoms. The van der Waals surface area contributed by atoms with Gasteiger partial charge in [-0.15, -0.1) is 0 Å². The second-order valence-electron chi connectivity index (χ2n) is 2.52. The summed E-state index contributed by atoms with van der Waals surface area (Å²) in [6, 6.07) is -0.0554. The molecule has 0 saturated carbocycles. The Bertz CT molecular complexity index is 192. The molecule has 1 aliphatic heterocycles. The lowest BCUT2D eigenvalue weighted by Gasteiger charge is -2.30. The van der Waals surface area contributed by atoms with Gasteiger partial charge in [0.1, 0.15) is 0 Å². The second-order valence-corrected chi connectivity index (χ2v) is 2.52. The van der Waals surface area contributed by atoms with Crippen LogP contribution in [-0.2, 0) is 9.59 Å². The first-order chi connectivity index (χ1) is 5.16. The number of rotatable bonds is 1. The van der Waals surface area contributed by atoms with E-state index in [1.807, 2.05) is 0 Å². The van der Waals surface area contributed by atoms with E-state index in [0.29, 0.717) is 13.1 Å². The summed E-state index contributed by atoms with van der Waals surface area (Å²) >= 11 is 0. The molecule has 1 saturated heterocycles. The van der Waals surface area contributed by atoms with E-state index in [2.05, 4.69) is 5.32 Å². The molecule has 3 N–H and O–H groups in total. The van der Waals surface area contributed by atoms with Crippen molar-refractivity contribution >= 4 is 11.8 Å². The molecule has 1 rings (SSSR count). The summed E-state index contributed by atoms with van der Waals surface area (Å²) in [5, 5.41) is 2.45. The molecule has 5 nitrogen and oxygen atoms in total. The van der Waals surface area contributed by atoms with Gasteiger partial charge < -0.3 is 16.0 Å². The zero-order valence-corrected chi connectivity index (χ0v) is 6.33. The molecule has 5 heteroatoms. The minimum absolute atomic E-state index is 0.0554. The molecular weight excluding hydrogens is 146 g/mol. The number of hydrogen-bond donors (Lipinski definition) is 2. The van der Waals surface area contributed by atoms with Crippen LogP contribution in [0.1, 0.15) is 0 Å². The number of piperazine rings is 1. The van der Waals surface area contributed by atoms with Gasteiger partial charge in [0.2, 0.25) is 0 Å².